The summed E-state index contributed by atoms with van der Waals surface area (Å²) >= 11 is 3.32. The Morgan fingerprint density at radius 1 is 1.31 bits per heavy atom. The summed E-state index contributed by atoms with van der Waals surface area (Å²) in [6.45, 7) is 1.52. The van der Waals surface area contributed by atoms with Crippen LogP contribution in [0.25, 0.3) is 0 Å². The first-order chi connectivity index (χ1) is 12.5. The van der Waals surface area contributed by atoms with Gasteiger partial charge in [0.2, 0.25) is 0 Å². The molecule has 1 saturated heterocycles. The normalized spacial score (nSPS) is 16.5. The standard InChI is InChI=1S/C20H21BrFNO3/c1-23(12-15-11-16(21)6-9-19(15)22)20(24)14-4-7-17(8-5-14)26-13-18-3-2-10-25-18/h4-9,11,18H,2-3,10,12-13H2,1H3. The lowest BCUT2D eigenvalue weighted by atomic mass is 10.1. The van der Waals surface area contributed by atoms with Crippen molar-refractivity contribution >= 4 is 21.8 Å². The molecule has 138 valence electrons. The van der Waals surface area contributed by atoms with Crippen LogP contribution in [0.4, 0.5) is 4.39 Å². The fourth-order valence-corrected chi connectivity index (χ4v) is 3.28. The summed E-state index contributed by atoms with van der Waals surface area (Å²) < 4.78 is 25.9. The Morgan fingerprint density at radius 3 is 2.77 bits per heavy atom. The summed E-state index contributed by atoms with van der Waals surface area (Å²) in [5.74, 6) is 0.207. The maximum Gasteiger partial charge on any atom is 0.253 e. The topological polar surface area (TPSA) is 38.8 Å². The van der Waals surface area contributed by atoms with Crippen molar-refractivity contribution in [3.8, 4) is 5.75 Å². The first-order valence-electron chi connectivity index (χ1n) is 8.57. The fraction of sp³-hybridized carbons (Fsp3) is 0.350. The molecule has 0 saturated carbocycles. The third kappa shape index (κ3) is 4.83. The smallest absolute Gasteiger partial charge is 0.253 e. The highest BCUT2D eigenvalue weighted by Crippen LogP contribution is 2.19. The Balaban J connectivity index is 1.58. The first-order valence-corrected chi connectivity index (χ1v) is 9.36. The molecule has 0 aliphatic carbocycles. The second-order valence-electron chi connectivity index (χ2n) is 6.37. The number of nitrogens with zero attached hydrogens (tertiary/aromatic N) is 1. The van der Waals surface area contributed by atoms with Crippen molar-refractivity contribution in [2.75, 3.05) is 20.3 Å². The summed E-state index contributed by atoms with van der Waals surface area (Å²) in [7, 11) is 1.66. The predicted octanol–water partition coefficient (Wildman–Crippen LogP) is 4.42. The minimum atomic E-state index is -0.328. The molecule has 4 nitrogen and oxygen atoms in total. The summed E-state index contributed by atoms with van der Waals surface area (Å²) in [4.78, 5) is 14.0. The molecule has 1 aliphatic rings. The van der Waals surface area contributed by atoms with Gasteiger partial charge in [0.15, 0.2) is 0 Å². The van der Waals surface area contributed by atoms with Crippen molar-refractivity contribution in [3.05, 3.63) is 63.9 Å². The Morgan fingerprint density at radius 2 is 2.08 bits per heavy atom. The molecule has 0 radical (unpaired) electrons. The van der Waals surface area contributed by atoms with E-state index in [1.165, 1.54) is 11.0 Å². The van der Waals surface area contributed by atoms with Gasteiger partial charge in [0, 0.05) is 35.8 Å². The van der Waals surface area contributed by atoms with Gasteiger partial charge in [-0.2, -0.15) is 0 Å². The van der Waals surface area contributed by atoms with Gasteiger partial charge in [-0.15, -0.1) is 0 Å². The highest BCUT2D eigenvalue weighted by molar-refractivity contribution is 9.10. The molecule has 1 fully saturated rings. The van der Waals surface area contributed by atoms with Crippen LogP contribution in [0.15, 0.2) is 46.9 Å². The lowest BCUT2D eigenvalue weighted by Gasteiger charge is -2.18. The fourth-order valence-electron chi connectivity index (χ4n) is 2.87. The van der Waals surface area contributed by atoms with Crippen LogP contribution in [0.2, 0.25) is 0 Å². The maximum atomic E-state index is 13.9. The minimum absolute atomic E-state index is 0.155. The molecule has 0 aromatic heterocycles. The molecule has 2 aromatic rings. The average molecular weight is 422 g/mol. The van der Waals surface area contributed by atoms with Crippen LogP contribution < -0.4 is 4.74 Å². The molecule has 1 aliphatic heterocycles. The van der Waals surface area contributed by atoms with Crippen LogP contribution in [-0.2, 0) is 11.3 Å². The lowest BCUT2D eigenvalue weighted by molar-refractivity contribution is 0.0679. The number of ether oxygens (including phenoxy) is 2. The number of rotatable bonds is 6. The van der Waals surface area contributed by atoms with Gasteiger partial charge < -0.3 is 14.4 Å². The Labute approximate surface area is 161 Å². The summed E-state index contributed by atoms with van der Waals surface area (Å²) in [5.41, 5.74) is 0.999. The van der Waals surface area contributed by atoms with Crippen LogP contribution in [0, 0.1) is 5.82 Å². The van der Waals surface area contributed by atoms with Crippen LogP contribution in [0.1, 0.15) is 28.8 Å². The molecule has 1 amide bonds. The molecule has 0 N–H and O–H groups in total. The van der Waals surface area contributed by atoms with Crippen molar-refractivity contribution in [2.45, 2.75) is 25.5 Å². The van der Waals surface area contributed by atoms with Gasteiger partial charge in [0.1, 0.15) is 18.2 Å². The second-order valence-corrected chi connectivity index (χ2v) is 7.28. The van der Waals surface area contributed by atoms with Crippen LogP contribution in [0.3, 0.4) is 0 Å². The van der Waals surface area contributed by atoms with Crippen molar-refractivity contribution in [2.24, 2.45) is 0 Å². The Bertz CT molecular complexity index is 760. The SMILES string of the molecule is CN(Cc1cc(Br)ccc1F)C(=O)c1ccc(OCC2CCCO2)cc1. The Hall–Kier alpha value is -1.92. The number of carbonyl (C=O) groups excluding carboxylic acids is 1. The molecule has 3 rings (SSSR count). The van der Waals surface area contributed by atoms with Gasteiger partial charge in [-0.3, -0.25) is 4.79 Å². The molecule has 0 spiro atoms. The van der Waals surface area contributed by atoms with Gasteiger partial charge in [-0.25, -0.2) is 4.39 Å². The highest BCUT2D eigenvalue weighted by atomic mass is 79.9. The molecule has 6 heteroatoms. The number of hydrogen-bond donors (Lipinski definition) is 0. The van der Waals surface area contributed by atoms with Crippen LogP contribution in [-0.4, -0.2) is 37.2 Å². The molecule has 1 unspecified atom stereocenters. The van der Waals surface area contributed by atoms with Crippen molar-refractivity contribution in [1.29, 1.82) is 0 Å². The zero-order valence-corrected chi connectivity index (χ0v) is 16.2. The molecular formula is C20H21BrFNO3. The van der Waals surface area contributed by atoms with Crippen LogP contribution in [0.5, 0.6) is 5.75 Å². The summed E-state index contributed by atoms with van der Waals surface area (Å²) in [6.07, 6.45) is 2.25. The average Bonchev–Trinajstić information content (AvgIpc) is 3.16. The zero-order valence-electron chi connectivity index (χ0n) is 14.6. The van der Waals surface area contributed by atoms with E-state index in [2.05, 4.69) is 15.9 Å². The van der Waals surface area contributed by atoms with E-state index in [9.17, 15) is 9.18 Å². The zero-order chi connectivity index (χ0) is 18.5. The molecule has 2 aromatic carbocycles. The highest BCUT2D eigenvalue weighted by Gasteiger charge is 2.17. The number of amides is 1. The molecule has 1 atom stereocenters. The van der Waals surface area contributed by atoms with E-state index in [1.54, 1.807) is 43.4 Å². The first kappa shape index (κ1) is 18.9. The van der Waals surface area contributed by atoms with Gasteiger partial charge >= 0.3 is 0 Å². The monoisotopic (exact) mass is 421 g/mol. The minimum Gasteiger partial charge on any atom is -0.491 e. The third-order valence-electron chi connectivity index (χ3n) is 4.32. The predicted molar refractivity (Wildman–Crippen MR) is 101 cm³/mol. The van der Waals surface area contributed by atoms with Crippen LogP contribution >= 0.6 is 15.9 Å². The van der Waals surface area contributed by atoms with E-state index in [1.807, 2.05) is 0 Å². The summed E-state index contributed by atoms with van der Waals surface area (Å²) in [6, 6.07) is 11.7. The van der Waals surface area contributed by atoms with Gasteiger partial charge in [0.25, 0.3) is 5.91 Å². The largest absolute Gasteiger partial charge is 0.491 e. The molecule has 0 bridgehead atoms. The van der Waals surface area contributed by atoms with Gasteiger partial charge in [0.05, 0.1) is 6.10 Å². The molecule has 1 heterocycles. The third-order valence-corrected chi connectivity index (χ3v) is 4.82. The van der Waals surface area contributed by atoms with E-state index >= 15 is 0 Å². The number of benzene rings is 2. The second kappa shape index (κ2) is 8.64. The quantitative estimate of drug-likeness (QED) is 0.692. The van der Waals surface area contributed by atoms with Gasteiger partial charge in [-0.05, 0) is 55.3 Å². The molecular weight excluding hydrogens is 401 g/mol. The molecule has 26 heavy (non-hydrogen) atoms. The Kier molecular flexibility index (Phi) is 6.27. The van der Waals surface area contributed by atoms with E-state index in [0.717, 1.165) is 23.9 Å². The van der Waals surface area contributed by atoms with Crippen molar-refractivity contribution < 1.29 is 18.7 Å². The van der Waals surface area contributed by atoms with E-state index in [0.29, 0.717) is 23.5 Å². The van der Waals surface area contributed by atoms with Crippen molar-refractivity contribution in [3.63, 3.8) is 0 Å². The number of halogens is 2. The number of hydrogen-bond acceptors (Lipinski definition) is 3. The van der Waals surface area contributed by atoms with Crippen molar-refractivity contribution in [1.82, 2.24) is 4.90 Å². The van der Waals surface area contributed by atoms with E-state index < -0.39 is 0 Å². The lowest BCUT2D eigenvalue weighted by Crippen LogP contribution is -2.26. The van der Waals surface area contributed by atoms with E-state index in [4.69, 9.17) is 9.47 Å². The number of carbonyl (C=O) groups is 1. The summed E-state index contributed by atoms with van der Waals surface area (Å²) in [5, 5.41) is 0. The maximum absolute atomic E-state index is 13.9. The van der Waals surface area contributed by atoms with E-state index in [-0.39, 0.29) is 24.4 Å². The van der Waals surface area contributed by atoms with Gasteiger partial charge in [-0.1, -0.05) is 15.9 Å².